The predicted molar refractivity (Wildman–Crippen MR) is 98.7 cm³/mol. The second-order valence-electron chi connectivity index (χ2n) is 5.77. The minimum absolute atomic E-state index is 0.0473. The average molecular weight is 348 g/mol. The van der Waals surface area contributed by atoms with Crippen LogP contribution in [0.2, 0.25) is 0 Å². The number of aliphatic hydroxyl groups is 1. The maximum Gasteiger partial charge on any atom is 0.333 e. The van der Waals surface area contributed by atoms with Gasteiger partial charge in [-0.1, -0.05) is 50.8 Å². The highest BCUT2D eigenvalue weighted by Gasteiger charge is 2.10. The Morgan fingerprint density at radius 2 is 1.80 bits per heavy atom. The number of rotatable bonds is 7. The molecular formula is C20H28O5. The summed E-state index contributed by atoms with van der Waals surface area (Å²) < 4.78 is 9.67. The first-order valence-corrected chi connectivity index (χ1v) is 8.15. The Morgan fingerprint density at radius 1 is 1.20 bits per heavy atom. The summed E-state index contributed by atoms with van der Waals surface area (Å²) in [6.45, 7) is 10.8. The molecule has 0 aliphatic carbocycles. The van der Waals surface area contributed by atoms with Gasteiger partial charge in [0.05, 0.1) is 6.61 Å². The normalized spacial score (nSPS) is 11.4. The standard InChI is InChI=1S/C14H18O2.C6H10O3/c1-11(2)12(3)16-14(15)10-9-13-7-5-4-6-8-13;1-5(2)6(8)9-4-3-7/h4-12H,1-3H3;7H,1,3-4H2,2H3/b10-9-;. The zero-order valence-corrected chi connectivity index (χ0v) is 15.4. The second kappa shape index (κ2) is 13.0. The third-order valence-electron chi connectivity index (χ3n) is 3.13. The van der Waals surface area contributed by atoms with Crippen LogP contribution in [0.5, 0.6) is 0 Å². The zero-order chi connectivity index (χ0) is 19.2. The zero-order valence-electron chi connectivity index (χ0n) is 15.4. The predicted octanol–water partition coefficient (Wildman–Crippen LogP) is 3.39. The molecule has 0 aromatic heterocycles. The van der Waals surface area contributed by atoms with E-state index in [-0.39, 0.29) is 25.3 Å². The van der Waals surface area contributed by atoms with Gasteiger partial charge in [0.15, 0.2) is 0 Å². The molecule has 1 N–H and O–H groups in total. The monoisotopic (exact) mass is 348 g/mol. The summed E-state index contributed by atoms with van der Waals surface area (Å²) in [5, 5.41) is 8.19. The first-order valence-electron chi connectivity index (χ1n) is 8.15. The van der Waals surface area contributed by atoms with Gasteiger partial charge in [-0.15, -0.1) is 0 Å². The molecule has 0 fully saturated rings. The van der Waals surface area contributed by atoms with Crippen molar-refractivity contribution in [2.24, 2.45) is 5.92 Å². The summed E-state index contributed by atoms with van der Waals surface area (Å²) in [5.74, 6) is -0.400. The maximum absolute atomic E-state index is 11.4. The van der Waals surface area contributed by atoms with Crippen molar-refractivity contribution in [2.45, 2.75) is 33.8 Å². The fourth-order valence-electron chi connectivity index (χ4n) is 1.35. The van der Waals surface area contributed by atoms with E-state index in [0.717, 1.165) is 5.56 Å². The van der Waals surface area contributed by atoms with E-state index in [9.17, 15) is 9.59 Å². The van der Waals surface area contributed by atoms with Crippen LogP contribution in [0.1, 0.15) is 33.3 Å². The number of hydrogen-bond acceptors (Lipinski definition) is 5. The Balaban J connectivity index is 0.000000547. The van der Waals surface area contributed by atoms with Crippen molar-refractivity contribution in [1.29, 1.82) is 0 Å². The van der Waals surface area contributed by atoms with Crippen LogP contribution in [0.3, 0.4) is 0 Å². The lowest BCUT2D eigenvalue weighted by Gasteiger charge is -2.14. The van der Waals surface area contributed by atoms with Gasteiger partial charge in [0.25, 0.3) is 0 Å². The van der Waals surface area contributed by atoms with Crippen molar-refractivity contribution in [3.63, 3.8) is 0 Å². The van der Waals surface area contributed by atoms with Crippen LogP contribution in [0.25, 0.3) is 6.08 Å². The minimum atomic E-state index is -0.455. The first-order chi connectivity index (χ1) is 11.8. The number of ether oxygens (including phenoxy) is 2. The van der Waals surface area contributed by atoms with Crippen LogP contribution < -0.4 is 0 Å². The van der Waals surface area contributed by atoms with E-state index in [0.29, 0.717) is 11.5 Å². The molecule has 0 aliphatic rings. The number of esters is 2. The number of hydrogen-bond donors (Lipinski definition) is 1. The third kappa shape index (κ3) is 11.7. The van der Waals surface area contributed by atoms with Gasteiger partial charge in [-0.25, -0.2) is 9.59 Å². The maximum atomic E-state index is 11.4. The highest BCUT2D eigenvalue weighted by atomic mass is 16.5. The molecule has 25 heavy (non-hydrogen) atoms. The third-order valence-corrected chi connectivity index (χ3v) is 3.13. The molecule has 1 unspecified atom stereocenters. The van der Waals surface area contributed by atoms with Crippen LogP contribution in [0.15, 0.2) is 48.6 Å². The molecule has 0 amide bonds. The molecule has 0 bridgehead atoms. The minimum Gasteiger partial charge on any atom is -0.460 e. The molecule has 0 heterocycles. The lowest BCUT2D eigenvalue weighted by Crippen LogP contribution is -2.18. The van der Waals surface area contributed by atoms with E-state index in [1.807, 2.05) is 51.1 Å². The Hall–Kier alpha value is -2.40. The van der Waals surface area contributed by atoms with Gasteiger partial charge in [-0.05, 0) is 31.4 Å². The highest BCUT2D eigenvalue weighted by Crippen LogP contribution is 2.07. The van der Waals surface area contributed by atoms with Crippen LogP contribution >= 0.6 is 0 Å². The lowest BCUT2D eigenvalue weighted by molar-refractivity contribution is -0.144. The van der Waals surface area contributed by atoms with Gasteiger partial charge in [-0.2, -0.15) is 0 Å². The van der Waals surface area contributed by atoms with Gasteiger partial charge in [0.1, 0.15) is 12.7 Å². The molecule has 5 heteroatoms. The fraction of sp³-hybridized carbons (Fsp3) is 0.400. The number of aliphatic hydroxyl groups excluding tert-OH is 1. The fourth-order valence-corrected chi connectivity index (χ4v) is 1.35. The van der Waals surface area contributed by atoms with Crippen LogP contribution in [0, 0.1) is 5.92 Å². The lowest BCUT2D eigenvalue weighted by atomic mass is 10.1. The molecule has 1 aromatic rings. The van der Waals surface area contributed by atoms with Crippen LogP contribution in [-0.2, 0) is 19.1 Å². The Morgan fingerprint density at radius 3 is 2.28 bits per heavy atom. The van der Waals surface area contributed by atoms with Crippen LogP contribution in [0.4, 0.5) is 0 Å². The molecule has 0 saturated heterocycles. The van der Waals surface area contributed by atoms with Gasteiger partial charge >= 0.3 is 11.9 Å². The second-order valence-corrected chi connectivity index (χ2v) is 5.77. The van der Waals surface area contributed by atoms with Crippen molar-refractivity contribution in [3.05, 3.63) is 54.1 Å². The van der Waals surface area contributed by atoms with E-state index in [4.69, 9.17) is 9.84 Å². The van der Waals surface area contributed by atoms with E-state index < -0.39 is 5.97 Å². The summed E-state index contributed by atoms with van der Waals surface area (Å²) in [6, 6.07) is 9.69. The smallest absolute Gasteiger partial charge is 0.333 e. The average Bonchev–Trinajstić information content (AvgIpc) is 2.59. The Labute approximate surface area is 150 Å². The molecule has 1 rings (SSSR count). The van der Waals surface area contributed by atoms with Gasteiger partial charge < -0.3 is 14.6 Å². The molecule has 1 aromatic carbocycles. The summed E-state index contributed by atoms with van der Waals surface area (Å²) in [6.07, 6.45) is 3.18. The summed E-state index contributed by atoms with van der Waals surface area (Å²) in [4.78, 5) is 21.9. The molecule has 0 saturated carbocycles. The Kier molecular flexibility index (Phi) is 11.7. The van der Waals surface area contributed by atoms with E-state index in [1.54, 1.807) is 13.0 Å². The summed E-state index contributed by atoms with van der Waals surface area (Å²) in [5.41, 5.74) is 1.35. The van der Waals surface area contributed by atoms with Gasteiger partial charge in [0.2, 0.25) is 0 Å². The molecule has 0 spiro atoms. The molecule has 1 atom stereocenters. The molecule has 138 valence electrons. The largest absolute Gasteiger partial charge is 0.460 e. The number of carbonyl (C=O) groups is 2. The van der Waals surface area contributed by atoms with E-state index in [1.165, 1.54) is 6.08 Å². The van der Waals surface area contributed by atoms with Crippen molar-refractivity contribution in [2.75, 3.05) is 13.2 Å². The molecule has 0 aliphatic heterocycles. The quantitative estimate of drug-likeness (QED) is 0.604. The molecule has 5 nitrogen and oxygen atoms in total. The topological polar surface area (TPSA) is 72.8 Å². The van der Waals surface area contributed by atoms with Gasteiger partial charge in [0, 0.05) is 11.6 Å². The molecule has 0 radical (unpaired) electrons. The Bertz CT molecular complexity index is 561. The summed E-state index contributed by atoms with van der Waals surface area (Å²) >= 11 is 0. The van der Waals surface area contributed by atoms with E-state index in [2.05, 4.69) is 11.3 Å². The summed E-state index contributed by atoms with van der Waals surface area (Å²) in [7, 11) is 0. The van der Waals surface area contributed by atoms with Crippen molar-refractivity contribution in [1.82, 2.24) is 0 Å². The number of benzene rings is 1. The van der Waals surface area contributed by atoms with Crippen molar-refractivity contribution < 1.29 is 24.2 Å². The molecular weight excluding hydrogens is 320 g/mol. The van der Waals surface area contributed by atoms with Crippen molar-refractivity contribution >= 4 is 18.0 Å². The van der Waals surface area contributed by atoms with Crippen molar-refractivity contribution in [3.8, 4) is 0 Å². The highest BCUT2D eigenvalue weighted by molar-refractivity contribution is 5.87. The van der Waals surface area contributed by atoms with E-state index >= 15 is 0 Å². The number of carbonyl (C=O) groups excluding carboxylic acids is 2. The van der Waals surface area contributed by atoms with Crippen LogP contribution in [-0.4, -0.2) is 36.4 Å². The SMILES string of the molecule is C=C(C)C(=O)OCCO.CC(C)C(C)OC(=O)/C=C\c1ccccc1. The van der Waals surface area contributed by atoms with Gasteiger partial charge in [-0.3, -0.25) is 0 Å². The first kappa shape index (κ1) is 22.6.